The number of amides is 1. The molecule has 1 amide bonds. The van der Waals surface area contributed by atoms with E-state index < -0.39 is 0 Å². The van der Waals surface area contributed by atoms with E-state index >= 15 is 0 Å². The molecule has 2 N–H and O–H groups in total. The van der Waals surface area contributed by atoms with E-state index in [0.717, 1.165) is 24.2 Å². The summed E-state index contributed by atoms with van der Waals surface area (Å²) in [6, 6.07) is 0.0989. The van der Waals surface area contributed by atoms with Gasteiger partial charge >= 0.3 is 0 Å². The Bertz CT molecular complexity index is 429. The fraction of sp³-hybridized carbons (Fsp3) is 0.583. The van der Waals surface area contributed by atoms with Gasteiger partial charge < -0.3 is 10.6 Å². The van der Waals surface area contributed by atoms with Crippen LogP contribution in [-0.2, 0) is 4.79 Å². The second-order valence-electron chi connectivity index (χ2n) is 4.59. The minimum atomic E-state index is -0.287. The lowest BCUT2D eigenvalue weighted by Crippen LogP contribution is -2.39. The molecule has 1 heterocycles. The van der Waals surface area contributed by atoms with Crippen molar-refractivity contribution in [1.82, 2.24) is 15.3 Å². The normalized spacial score (nSPS) is 16.4. The number of anilines is 1. The van der Waals surface area contributed by atoms with E-state index in [0.29, 0.717) is 11.9 Å². The minimum absolute atomic E-state index is 0.0233. The molecule has 0 bridgehead atoms. The molecule has 0 radical (unpaired) electrons. The number of hydrogen-bond donors (Lipinski definition) is 2. The molecule has 17 heavy (non-hydrogen) atoms. The van der Waals surface area contributed by atoms with Crippen LogP contribution in [-0.4, -0.2) is 28.0 Å². The molecule has 2 rings (SSSR count). The molecule has 1 saturated carbocycles. The summed E-state index contributed by atoms with van der Waals surface area (Å²) in [5.74, 6) is 0.707. The van der Waals surface area contributed by atoms with E-state index in [1.807, 2.05) is 20.8 Å². The SMILES string of the molecule is Cc1cnc(C)c(NC(C)C(=O)NC2CC2)n1. The number of nitrogens with one attached hydrogen (secondary N) is 2. The third kappa shape index (κ3) is 3.15. The third-order valence-corrected chi connectivity index (χ3v) is 2.75. The largest absolute Gasteiger partial charge is 0.357 e. The second-order valence-corrected chi connectivity index (χ2v) is 4.59. The molecule has 1 aromatic heterocycles. The molecule has 0 aromatic carbocycles. The van der Waals surface area contributed by atoms with Gasteiger partial charge in [0.2, 0.25) is 5.91 Å². The van der Waals surface area contributed by atoms with Crippen molar-refractivity contribution in [2.24, 2.45) is 0 Å². The van der Waals surface area contributed by atoms with Crippen molar-refractivity contribution in [2.75, 3.05) is 5.32 Å². The Morgan fingerprint density at radius 3 is 2.82 bits per heavy atom. The van der Waals surface area contributed by atoms with Crippen LogP contribution in [0.15, 0.2) is 6.20 Å². The number of carbonyl (C=O) groups is 1. The number of carbonyl (C=O) groups excluding carboxylic acids is 1. The average molecular weight is 234 g/mol. The highest BCUT2D eigenvalue weighted by Crippen LogP contribution is 2.19. The highest BCUT2D eigenvalue weighted by molar-refractivity contribution is 5.84. The molecule has 1 aliphatic rings. The molecule has 1 fully saturated rings. The zero-order chi connectivity index (χ0) is 12.4. The van der Waals surface area contributed by atoms with Crippen LogP contribution in [0.1, 0.15) is 31.2 Å². The van der Waals surface area contributed by atoms with E-state index in [1.165, 1.54) is 0 Å². The van der Waals surface area contributed by atoms with Crippen molar-refractivity contribution in [3.8, 4) is 0 Å². The zero-order valence-electron chi connectivity index (χ0n) is 10.4. The maximum atomic E-state index is 11.8. The predicted molar refractivity (Wildman–Crippen MR) is 65.8 cm³/mol. The van der Waals surface area contributed by atoms with Crippen molar-refractivity contribution in [3.05, 3.63) is 17.6 Å². The summed E-state index contributed by atoms with van der Waals surface area (Å²) in [6.45, 7) is 5.59. The lowest BCUT2D eigenvalue weighted by Gasteiger charge is -2.15. The van der Waals surface area contributed by atoms with Crippen molar-refractivity contribution in [3.63, 3.8) is 0 Å². The second kappa shape index (κ2) is 4.69. The molecule has 0 saturated heterocycles. The van der Waals surface area contributed by atoms with Crippen molar-refractivity contribution >= 4 is 11.7 Å². The Labute approximate surface area is 101 Å². The summed E-state index contributed by atoms with van der Waals surface area (Å²) in [5, 5.41) is 6.06. The van der Waals surface area contributed by atoms with Crippen LogP contribution < -0.4 is 10.6 Å². The molecule has 5 nitrogen and oxygen atoms in total. The molecule has 0 spiro atoms. The van der Waals surface area contributed by atoms with E-state index in [1.54, 1.807) is 6.20 Å². The van der Waals surface area contributed by atoms with Gasteiger partial charge in [-0.25, -0.2) is 4.98 Å². The van der Waals surface area contributed by atoms with Crippen LogP contribution >= 0.6 is 0 Å². The fourth-order valence-corrected chi connectivity index (χ4v) is 1.50. The van der Waals surface area contributed by atoms with Crippen LogP contribution in [0.3, 0.4) is 0 Å². The van der Waals surface area contributed by atoms with E-state index in [-0.39, 0.29) is 11.9 Å². The molecular weight excluding hydrogens is 216 g/mol. The lowest BCUT2D eigenvalue weighted by atomic mass is 10.3. The first kappa shape index (κ1) is 11.8. The fourth-order valence-electron chi connectivity index (χ4n) is 1.50. The topological polar surface area (TPSA) is 66.9 Å². The Hall–Kier alpha value is -1.65. The first-order valence-electron chi connectivity index (χ1n) is 5.93. The number of hydrogen-bond acceptors (Lipinski definition) is 4. The van der Waals surface area contributed by atoms with Crippen LogP contribution in [0.5, 0.6) is 0 Å². The van der Waals surface area contributed by atoms with Gasteiger partial charge in [-0.2, -0.15) is 0 Å². The molecule has 92 valence electrons. The Morgan fingerprint density at radius 1 is 1.47 bits per heavy atom. The third-order valence-electron chi connectivity index (χ3n) is 2.75. The van der Waals surface area contributed by atoms with Crippen molar-refractivity contribution < 1.29 is 4.79 Å². The first-order chi connectivity index (χ1) is 8.06. The van der Waals surface area contributed by atoms with Gasteiger partial charge in [0.1, 0.15) is 11.9 Å². The zero-order valence-corrected chi connectivity index (χ0v) is 10.4. The van der Waals surface area contributed by atoms with E-state index in [2.05, 4.69) is 20.6 Å². The Balaban J connectivity index is 1.98. The minimum Gasteiger partial charge on any atom is -0.357 e. The molecule has 1 unspecified atom stereocenters. The van der Waals surface area contributed by atoms with Crippen LogP contribution in [0.4, 0.5) is 5.82 Å². The molecule has 1 aromatic rings. The van der Waals surface area contributed by atoms with Gasteiger partial charge in [-0.05, 0) is 33.6 Å². The highest BCUT2D eigenvalue weighted by Gasteiger charge is 2.25. The lowest BCUT2D eigenvalue weighted by molar-refractivity contribution is -0.121. The predicted octanol–water partition coefficient (Wildman–Crippen LogP) is 1.17. The average Bonchev–Trinajstić information content (AvgIpc) is 3.07. The number of rotatable bonds is 4. The summed E-state index contributed by atoms with van der Waals surface area (Å²) in [7, 11) is 0. The Kier molecular flexibility index (Phi) is 3.26. The molecular formula is C12H18N4O. The molecule has 0 aliphatic heterocycles. The van der Waals surface area contributed by atoms with E-state index in [9.17, 15) is 4.79 Å². The quantitative estimate of drug-likeness (QED) is 0.820. The molecule has 1 aliphatic carbocycles. The summed E-state index contributed by atoms with van der Waals surface area (Å²) >= 11 is 0. The van der Waals surface area contributed by atoms with Gasteiger partial charge in [0.05, 0.1) is 11.4 Å². The van der Waals surface area contributed by atoms with Gasteiger partial charge in [0.15, 0.2) is 0 Å². The first-order valence-corrected chi connectivity index (χ1v) is 5.93. The van der Waals surface area contributed by atoms with Crippen LogP contribution in [0.25, 0.3) is 0 Å². The monoisotopic (exact) mass is 234 g/mol. The molecule has 1 atom stereocenters. The molecule has 5 heteroatoms. The summed E-state index contributed by atoms with van der Waals surface area (Å²) in [6.07, 6.45) is 3.92. The van der Waals surface area contributed by atoms with E-state index in [4.69, 9.17) is 0 Å². The van der Waals surface area contributed by atoms with Crippen molar-refractivity contribution in [2.45, 2.75) is 45.7 Å². The summed E-state index contributed by atoms with van der Waals surface area (Å²) < 4.78 is 0. The van der Waals surface area contributed by atoms with Crippen molar-refractivity contribution in [1.29, 1.82) is 0 Å². The number of aromatic nitrogens is 2. The van der Waals surface area contributed by atoms with Gasteiger partial charge in [0.25, 0.3) is 0 Å². The van der Waals surface area contributed by atoms with Gasteiger partial charge in [-0.3, -0.25) is 9.78 Å². The highest BCUT2D eigenvalue weighted by atomic mass is 16.2. The maximum Gasteiger partial charge on any atom is 0.242 e. The van der Waals surface area contributed by atoms with Crippen LogP contribution in [0, 0.1) is 13.8 Å². The maximum absolute atomic E-state index is 11.8. The number of nitrogens with zero attached hydrogens (tertiary/aromatic N) is 2. The Morgan fingerprint density at radius 2 is 2.18 bits per heavy atom. The van der Waals surface area contributed by atoms with Gasteiger partial charge in [0, 0.05) is 12.2 Å². The van der Waals surface area contributed by atoms with Gasteiger partial charge in [-0.1, -0.05) is 0 Å². The smallest absolute Gasteiger partial charge is 0.242 e. The van der Waals surface area contributed by atoms with Gasteiger partial charge in [-0.15, -0.1) is 0 Å². The van der Waals surface area contributed by atoms with Crippen LogP contribution in [0.2, 0.25) is 0 Å². The number of aryl methyl sites for hydroxylation is 2. The summed E-state index contributed by atoms with van der Waals surface area (Å²) in [4.78, 5) is 20.3. The standard InChI is InChI=1S/C12H18N4O/c1-7-6-13-8(2)11(14-7)15-9(3)12(17)16-10-4-5-10/h6,9-10H,4-5H2,1-3H3,(H,14,15)(H,16,17). The summed E-state index contributed by atoms with van der Waals surface area (Å²) in [5.41, 5.74) is 1.65.